The van der Waals surface area contributed by atoms with Gasteiger partial charge >= 0.3 is 6.03 Å². The predicted octanol–water partition coefficient (Wildman–Crippen LogP) is 2.11. The van der Waals surface area contributed by atoms with E-state index in [0.717, 1.165) is 4.90 Å². The van der Waals surface area contributed by atoms with Crippen molar-refractivity contribution in [2.75, 3.05) is 7.11 Å². The summed E-state index contributed by atoms with van der Waals surface area (Å²) in [5.41, 5.74) is 6.58. The zero-order chi connectivity index (χ0) is 18.0. The molecule has 126 valence electrons. The topological polar surface area (TPSA) is 105 Å². The summed E-state index contributed by atoms with van der Waals surface area (Å²) in [6, 6.07) is 12.5. The number of carbonyl (C=O) groups excluding carboxylic acids is 2. The van der Waals surface area contributed by atoms with E-state index in [4.69, 9.17) is 10.5 Å². The molecule has 0 bridgehead atoms. The molecule has 0 saturated heterocycles. The SMILES string of the molecule is COc1cc(/C=C2\N=C(c3ccccc3)N(C(N)=O)C2=O)ccc1O. The van der Waals surface area contributed by atoms with Crippen molar-refractivity contribution in [3.05, 3.63) is 65.4 Å². The first-order valence-electron chi connectivity index (χ1n) is 7.38. The molecular formula is C18H15N3O4. The van der Waals surface area contributed by atoms with Gasteiger partial charge in [0.25, 0.3) is 5.91 Å². The van der Waals surface area contributed by atoms with Crippen molar-refractivity contribution < 1.29 is 19.4 Å². The molecule has 7 heteroatoms. The number of nitrogens with zero attached hydrogens (tertiary/aromatic N) is 2. The molecule has 2 aromatic carbocycles. The zero-order valence-electron chi connectivity index (χ0n) is 13.3. The molecule has 2 aromatic rings. The molecule has 1 aliphatic rings. The van der Waals surface area contributed by atoms with Gasteiger partial charge in [0.2, 0.25) is 0 Å². The fraction of sp³-hybridized carbons (Fsp3) is 0.0556. The minimum absolute atomic E-state index is 0.0189. The second kappa shape index (κ2) is 6.48. The monoisotopic (exact) mass is 337 g/mol. The average molecular weight is 337 g/mol. The van der Waals surface area contributed by atoms with E-state index < -0.39 is 11.9 Å². The van der Waals surface area contributed by atoms with E-state index in [0.29, 0.717) is 11.1 Å². The molecule has 0 spiro atoms. The third kappa shape index (κ3) is 3.07. The largest absolute Gasteiger partial charge is 0.504 e. The van der Waals surface area contributed by atoms with E-state index in [2.05, 4.69) is 4.99 Å². The Hall–Kier alpha value is -3.61. The number of amides is 3. The molecule has 0 saturated carbocycles. The average Bonchev–Trinajstić information content (AvgIpc) is 2.94. The minimum atomic E-state index is -0.903. The summed E-state index contributed by atoms with van der Waals surface area (Å²) < 4.78 is 5.04. The van der Waals surface area contributed by atoms with Crippen LogP contribution in [-0.4, -0.2) is 34.9 Å². The van der Waals surface area contributed by atoms with Gasteiger partial charge in [-0.3, -0.25) is 4.79 Å². The van der Waals surface area contributed by atoms with Gasteiger partial charge in [-0.05, 0) is 23.8 Å². The van der Waals surface area contributed by atoms with Crippen molar-refractivity contribution in [2.45, 2.75) is 0 Å². The lowest BCUT2D eigenvalue weighted by molar-refractivity contribution is -0.120. The normalized spacial score (nSPS) is 15.4. The number of nitrogens with two attached hydrogens (primary N) is 1. The molecule has 3 N–H and O–H groups in total. The maximum absolute atomic E-state index is 12.5. The van der Waals surface area contributed by atoms with E-state index in [9.17, 15) is 14.7 Å². The molecule has 3 rings (SSSR count). The lowest BCUT2D eigenvalue weighted by Gasteiger charge is -2.13. The van der Waals surface area contributed by atoms with Crippen LogP contribution in [-0.2, 0) is 4.79 Å². The molecule has 0 aliphatic carbocycles. The van der Waals surface area contributed by atoms with Crippen LogP contribution in [0.1, 0.15) is 11.1 Å². The van der Waals surface area contributed by atoms with Gasteiger partial charge < -0.3 is 15.6 Å². The van der Waals surface area contributed by atoms with Crippen LogP contribution in [0.3, 0.4) is 0 Å². The summed E-state index contributed by atoms with van der Waals surface area (Å²) in [7, 11) is 1.42. The van der Waals surface area contributed by atoms with E-state index in [1.165, 1.54) is 19.3 Å². The van der Waals surface area contributed by atoms with Gasteiger partial charge in [-0.25, -0.2) is 14.7 Å². The highest BCUT2D eigenvalue weighted by atomic mass is 16.5. The summed E-state index contributed by atoms with van der Waals surface area (Å²) in [5.74, 6) is -0.193. The highest BCUT2D eigenvalue weighted by molar-refractivity contribution is 6.27. The number of aromatic hydroxyl groups is 1. The number of hydrogen-bond donors (Lipinski definition) is 2. The summed E-state index contributed by atoms with van der Waals surface area (Å²) in [6.45, 7) is 0. The number of carbonyl (C=O) groups is 2. The van der Waals surface area contributed by atoms with Crippen molar-refractivity contribution >= 4 is 23.8 Å². The van der Waals surface area contributed by atoms with Crippen molar-refractivity contribution in [3.63, 3.8) is 0 Å². The van der Waals surface area contributed by atoms with Crippen LogP contribution in [0.5, 0.6) is 11.5 Å². The highest BCUT2D eigenvalue weighted by Crippen LogP contribution is 2.28. The number of rotatable bonds is 3. The van der Waals surface area contributed by atoms with E-state index in [-0.39, 0.29) is 23.0 Å². The van der Waals surface area contributed by atoms with E-state index in [1.54, 1.807) is 36.4 Å². The Bertz CT molecular complexity index is 904. The fourth-order valence-corrected chi connectivity index (χ4v) is 2.44. The van der Waals surface area contributed by atoms with Crippen molar-refractivity contribution in [2.24, 2.45) is 10.7 Å². The number of ether oxygens (including phenoxy) is 1. The molecule has 1 aliphatic heterocycles. The number of aliphatic imine (C=N–C) groups is 1. The number of amidine groups is 1. The van der Waals surface area contributed by atoms with Crippen LogP contribution >= 0.6 is 0 Å². The first-order valence-corrected chi connectivity index (χ1v) is 7.38. The summed E-state index contributed by atoms with van der Waals surface area (Å²) in [5, 5.41) is 9.64. The minimum Gasteiger partial charge on any atom is -0.504 e. The van der Waals surface area contributed by atoms with Gasteiger partial charge in [0.05, 0.1) is 7.11 Å². The highest BCUT2D eigenvalue weighted by Gasteiger charge is 2.34. The predicted molar refractivity (Wildman–Crippen MR) is 92.0 cm³/mol. The summed E-state index contributed by atoms with van der Waals surface area (Å²) in [6.07, 6.45) is 1.50. The molecule has 3 amide bonds. The Balaban J connectivity index is 2.06. The third-order valence-corrected chi connectivity index (χ3v) is 3.62. The Morgan fingerprint density at radius 2 is 1.96 bits per heavy atom. The number of urea groups is 1. The van der Waals surface area contributed by atoms with Crippen molar-refractivity contribution in [3.8, 4) is 11.5 Å². The lowest BCUT2D eigenvalue weighted by atomic mass is 10.1. The Labute approximate surface area is 143 Å². The van der Waals surface area contributed by atoms with Gasteiger partial charge in [-0.2, -0.15) is 0 Å². The number of imide groups is 1. The molecular weight excluding hydrogens is 322 g/mol. The van der Waals surface area contributed by atoms with E-state index in [1.807, 2.05) is 6.07 Å². The maximum atomic E-state index is 12.5. The van der Waals surface area contributed by atoms with Gasteiger partial charge in [0.1, 0.15) is 5.70 Å². The van der Waals surface area contributed by atoms with Crippen LogP contribution < -0.4 is 10.5 Å². The molecule has 0 fully saturated rings. The fourth-order valence-electron chi connectivity index (χ4n) is 2.44. The van der Waals surface area contributed by atoms with Crippen LogP contribution in [0.25, 0.3) is 6.08 Å². The van der Waals surface area contributed by atoms with Crippen molar-refractivity contribution in [1.29, 1.82) is 0 Å². The smallest absolute Gasteiger partial charge is 0.327 e. The van der Waals surface area contributed by atoms with Crippen LogP contribution in [0.15, 0.2) is 59.2 Å². The number of benzene rings is 2. The molecule has 7 nitrogen and oxygen atoms in total. The molecule has 1 heterocycles. The van der Waals surface area contributed by atoms with E-state index >= 15 is 0 Å². The van der Waals surface area contributed by atoms with Gasteiger partial charge in [0, 0.05) is 5.56 Å². The lowest BCUT2D eigenvalue weighted by Crippen LogP contribution is -2.42. The van der Waals surface area contributed by atoms with Crippen molar-refractivity contribution in [1.82, 2.24) is 4.90 Å². The number of hydrogen-bond acceptors (Lipinski definition) is 5. The molecule has 0 unspecified atom stereocenters. The van der Waals surface area contributed by atoms with Crippen LogP contribution in [0.2, 0.25) is 0 Å². The summed E-state index contributed by atoms with van der Waals surface area (Å²) >= 11 is 0. The summed E-state index contributed by atoms with van der Waals surface area (Å²) in [4.78, 5) is 29.3. The Morgan fingerprint density at radius 3 is 2.60 bits per heavy atom. The first-order chi connectivity index (χ1) is 12.0. The standard InChI is InChI=1S/C18H15N3O4/c1-25-15-10-11(7-8-14(15)22)9-13-17(23)21(18(19)24)16(20-13)12-5-3-2-4-6-12/h2-10,22H,1H3,(H2,19,24)/b13-9-. The van der Waals surface area contributed by atoms with Gasteiger partial charge in [0.15, 0.2) is 17.3 Å². The number of primary amides is 1. The third-order valence-electron chi connectivity index (χ3n) is 3.62. The number of methoxy groups -OCH3 is 1. The molecule has 25 heavy (non-hydrogen) atoms. The Kier molecular flexibility index (Phi) is 4.21. The molecule has 0 aromatic heterocycles. The van der Waals surface area contributed by atoms with Gasteiger partial charge in [-0.1, -0.05) is 36.4 Å². The quantitative estimate of drug-likeness (QED) is 0.837. The first kappa shape index (κ1) is 16.3. The number of phenolic OH excluding ortho intramolecular Hbond substituents is 1. The van der Waals surface area contributed by atoms with Crippen LogP contribution in [0, 0.1) is 0 Å². The maximum Gasteiger partial charge on any atom is 0.327 e. The van der Waals surface area contributed by atoms with Crippen LogP contribution in [0.4, 0.5) is 4.79 Å². The Morgan fingerprint density at radius 1 is 1.24 bits per heavy atom. The number of phenols is 1. The second-order valence-corrected chi connectivity index (χ2v) is 5.24. The second-order valence-electron chi connectivity index (χ2n) is 5.24. The van der Waals surface area contributed by atoms with Gasteiger partial charge in [-0.15, -0.1) is 0 Å². The molecule has 0 atom stereocenters. The molecule has 0 radical (unpaired) electrons. The zero-order valence-corrected chi connectivity index (χ0v) is 13.3.